The highest BCUT2D eigenvalue weighted by Gasteiger charge is 2.24. The van der Waals surface area contributed by atoms with Crippen LogP contribution in [0.1, 0.15) is 24.2 Å². The summed E-state index contributed by atoms with van der Waals surface area (Å²) in [5, 5.41) is 0. The lowest BCUT2D eigenvalue weighted by atomic mass is 9.84. The summed E-state index contributed by atoms with van der Waals surface area (Å²) in [5.74, 6) is 2.39. The van der Waals surface area contributed by atoms with Gasteiger partial charge in [-0.25, -0.2) is 15.0 Å². The molecule has 0 amide bonds. The maximum atomic E-state index is 5.15. The first kappa shape index (κ1) is 26.5. The van der Waals surface area contributed by atoms with Crippen molar-refractivity contribution in [1.82, 2.24) is 15.0 Å². The minimum absolute atomic E-state index is 0.00955. The smallest absolute Gasteiger partial charge is 0.163 e. The van der Waals surface area contributed by atoms with Gasteiger partial charge >= 0.3 is 0 Å². The van der Waals surface area contributed by atoms with Gasteiger partial charge in [-0.3, -0.25) is 0 Å². The summed E-state index contributed by atoms with van der Waals surface area (Å²) in [5.41, 5.74) is 8.90. The molecule has 3 heteroatoms. The van der Waals surface area contributed by atoms with Gasteiger partial charge in [0, 0.05) is 17.0 Å². The van der Waals surface area contributed by atoms with Crippen molar-refractivity contribution >= 4 is 5.57 Å². The van der Waals surface area contributed by atoms with Gasteiger partial charge < -0.3 is 0 Å². The van der Waals surface area contributed by atoms with Crippen LogP contribution in [0.3, 0.4) is 0 Å². The number of allylic oxidation sites excluding steroid dienone is 4. The number of hydrogen-bond acceptors (Lipinski definition) is 3. The minimum atomic E-state index is 0.00955. The fraction of sp³-hybridized carbons (Fsp3) is 0.0750. The van der Waals surface area contributed by atoms with Crippen molar-refractivity contribution in [3.63, 3.8) is 0 Å². The van der Waals surface area contributed by atoms with Crippen LogP contribution in [0.4, 0.5) is 0 Å². The largest absolute Gasteiger partial charge is 0.212 e. The summed E-state index contributed by atoms with van der Waals surface area (Å²) in [6, 6.07) is 48.3. The molecule has 206 valence electrons. The van der Waals surface area contributed by atoms with E-state index in [1.54, 1.807) is 0 Å². The van der Waals surface area contributed by atoms with Crippen molar-refractivity contribution in [3.05, 3.63) is 169 Å². The van der Waals surface area contributed by atoms with Crippen LogP contribution in [-0.2, 0) is 0 Å². The molecule has 2 unspecified atom stereocenters. The summed E-state index contributed by atoms with van der Waals surface area (Å²) in [6.07, 6.45) is 6.79. The molecule has 0 aliphatic heterocycles. The van der Waals surface area contributed by atoms with Crippen LogP contribution in [0, 0.1) is 5.92 Å². The Morgan fingerprint density at radius 1 is 0.442 bits per heavy atom. The minimum Gasteiger partial charge on any atom is -0.212 e. The highest BCUT2D eigenvalue weighted by molar-refractivity contribution is 5.76. The second kappa shape index (κ2) is 11.8. The molecule has 2 atom stereocenters. The number of benzene rings is 5. The Morgan fingerprint density at radius 2 is 0.884 bits per heavy atom. The Kier molecular flexibility index (Phi) is 7.29. The van der Waals surface area contributed by atoms with E-state index in [1.165, 1.54) is 11.1 Å². The van der Waals surface area contributed by atoms with Crippen molar-refractivity contribution < 1.29 is 0 Å². The lowest BCUT2D eigenvalue weighted by molar-refractivity contribution is 0.602. The Bertz CT molecular complexity index is 1820. The molecule has 1 aliphatic rings. The van der Waals surface area contributed by atoms with Gasteiger partial charge in [0.1, 0.15) is 5.82 Å². The van der Waals surface area contributed by atoms with Crippen LogP contribution in [0.25, 0.3) is 50.6 Å². The Labute approximate surface area is 253 Å². The molecule has 0 spiro atoms. The molecule has 1 aromatic heterocycles. The summed E-state index contributed by atoms with van der Waals surface area (Å²) in [7, 11) is 0. The molecule has 0 saturated carbocycles. The maximum absolute atomic E-state index is 5.15. The highest BCUT2D eigenvalue weighted by Crippen LogP contribution is 2.36. The molecule has 0 saturated heterocycles. The average Bonchev–Trinajstić information content (AvgIpc) is 3.09. The standard InChI is InChI=1S/C40H31N3/c1-28-23-24-34(31-17-9-4-10-18-31)27-37(28)40-42-38(35-21-11-19-32(25-35)29-13-5-2-6-14-29)41-39(43-40)36-22-12-20-33(26-36)30-15-7-3-8-16-30/h2-28,37H,1H3. The van der Waals surface area contributed by atoms with E-state index in [4.69, 9.17) is 15.0 Å². The summed E-state index contributed by atoms with van der Waals surface area (Å²) in [6.45, 7) is 2.23. The van der Waals surface area contributed by atoms with Crippen molar-refractivity contribution in [2.24, 2.45) is 5.92 Å². The lowest BCUT2D eigenvalue weighted by Crippen LogP contribution is -2.14. The van der Waals surface area contributed by atoms with Crippen molar-refractivity contribution in [2.45, 2.75) is 12.8 Å². The number of rotatable bonds is 6. The molecular formula is C40H31N3. The first-order valence-electron chi connectivity index (χ1n) is 14.7. The molecule has 5 aromatic carbocycles. The van der Waals surface area contributed by atoms with Crippen LogP contribution in [-0.4, -0.2) is 15.0 Å². The van der Waals surface area contributed by atoms with Gasteiger partial charge in [-0.05, 0) is 51.4 Å². The molecule has 0 N–H and O–H groups in total. The summed E-state index contributed by atoms with van der Waals surface area (Å²) in [4.78, 5) is 15.4. The normalized spacial score (nSPS) is 16.1. The van der Waals surface area contributed by atoms with Gasteiger partial charge in [0.2, 0.25) is 0 Å². The number of aromatic nitrogens is 3. The first-order valence-corrected chi connectivity index (χ1v) is 14.7. The molecule has 7 rings (SSSR count). The molecule has 3 nitrogen and oxygen atoms in total. The molecule has 0 radical (unpaired) electrons. The van der Waals surface area contributed by atoms with E-state index in [9.17, 15) is 0 Å². The van der Waals surface area contributed by atoms with Crippen LogP contribution in [0.2, 0.25) is 0 Å². The van der Waals surface area contributed by atoms with E-state index < -0.39 is 0 Å². The van der Waals surface area contributed by atoms with Gasteiger partial charge in [0.05, 0.1) is 0 Å². The predicted molar refractivity (Wildman–Crippen MR) is 177 cm³/mol. The number of nitrogens with zero attached hydrogens (tertiary/aromatic N) is 3. The van der Waals surface area contributed by atoms with E-state index >= 15 is 0 Å². The lowest BCUT2D eigenvalue weighted by Gasteiger charge is -2.23. The van der Waals surface area contributed by atoms with E-state index in [0.29, 0.717) is 11.6 Å². The van der Waals surface area contributed by atoms with Crippen molar-refractivity contribution in [1.29, 1.82) is 0 Å². The first-order chi connectivity index (χ1) is 21.2. The monoisotopic (exact) mass is 553 g/mol. The quantitative estimate of drug-likeness (QED) is 0.206. The van der Waals surface area contributed by atoms with E-state index in [0.717, 1.165) is 39.2 Å². The second-order valence-electron chi connectivity index (χ2n) is 11.0. The van der Waals surface area contributed by atoms with E-state index in [2.05, 4.69) is 146 Å². The molecule has 43 heavy (non-hydrogen) atoms. The van der Waals surface area contributed by atoms with Gasteiger partial charge in [-0.1, -0.05) is 153 Å². The molecule has 0 bridgehead atoms. The molecule has 6 aromatic rings. The highest BCUT2D eigenvalue weighted by atomic mass is 15.0. The SMILES string of the molecule is CC1C=CC(c2ccccc2)=CC1c1nc(-c2cccc(-c3ccccc3)c2)nc(-c2cccc(-c3ccccc3)c2)n1. The van der Waals surface area contributed by atoms with Crippen LogP contribution in [0.15, 0.2) is 158 Å². The van der Waals surface area contributed by atoms with Gasteiger partial charge in [0.15, 0.2) is 11.6 Å². The van der Waals surface area contributed by atoms with Crippen molar-refractivity contribution in [2.75, 3.05) is 0 Å². The van der Waals surface area contributed by atoms with E-state index in [1.807, 2.05) is 18.2 Å². The third-order valence-electron chi connectivity index (χ3n) is 8.02. The number of hydrogen-bond donors (Lipinski definition) is 0. The Balaban J connectivity index is 1.37. The zero-order chi connectivity index (χ0) is 29.0. The molecule has 0 fully saturated rings. The Hall–Kier alpha value is -5.41. The maximum Gasteiger partial charge on any atom is 0.163 e. The molecular weight excluding hydrogens is 522 g/mol. The fourth-order valence-corrected chi connectivity index (χ4v) is 5.65. The van der Waals surface area contributed by atoms with Crippen LogP contribution < -0.4 is 0 Å². The average molecular weight is 554 g/mol. The van der Waals surface area contributed by atoms with Crippen LogP contribution >= 0.6 is 0 Å². The second-order valence-corrected chi connectivity index (χ2v) is 11.0. The summed E-state index contributed by atoms with van der Waals surface area (Å²) < 4.78 is 0. The molecule has 1 aliphatic carbocycles. The zero-order valence-electron chi connectivity index (χ0n) is 24.0. The zero-order valence-corrected chi connectivity index (χ0v) is 24.0. The fourth-order valence-electron chi connectivity index (χ4n) is 5.65. The third kappa shape index (κ3) is 5.71. The van der Waals surface area contributed by atoms with Gasteiger partial charge in [-0.15, -0.1) is 0 Å². The van der Waals surface area contributed by atoms with Crippen molar-refractivity contribution in [3.8, 4) is 45.0 Å². The topological polar surface area (TPSA) is 38.7 Å². The predicted octanol–water partition coefficient (Wildman–Crippen LogP) is 9.91. The van der Waals surface area contributed by atoms with Crippen LogP contribution in [0.5, 0.6) is 0 Å². The van der Waals surface area contributed by atoms with Gasteiger partial charge in [0.25, 0.3) is 0 Å². The Morgan fingerprint density at radius 3 is 1.40 bits per heavy atom. The summed E-state index contributed by atoms with van der Waals surface area (Å²) >= 11 is 0. The molecule has 1 heterocycles. The van der Waals surface area contributed by atoms with E-state index in [-0.39, 0.29) is 11.8 Å². The third-order valence-corrected chi connectivity index (χ3v) is 8.02. The van der Waals surface area contributed by atoms with Gasteiger partial charge in [-0.2, -0.15) is 0 Å².